The van der Waals surface area contributed by atoms with Crippen molar-refractivity contribution in [1.29, 1.82) is 0 Å². The molecule has 0 unspecified atom stereocenters. The zero-order valence-corrected chi connectivity index (χ0v) is 22.0. The average molecular weight is 503 g/mol. The molecule has 18 heteroatoms. The molecular formula is C14H19NNa2O14S. The molecule has 1 aliphatic heterocycles. The number of aldehydes is 1. The SMILES string of the molecule is CC([O-])=N[C@@H](C=O)[C@@H](O[C@@H]1OC(C(=O)[O-])=C[C@H](O)[C@H]1O)[C@@H](OS(=O)(=O)O)[C@H](O)CO.[Na+].[Na+]. The first kappa shape index (κ1) is 34.0. The normalized spacial score (nSPS) is 25.0. The number of aliphatic hydroxyl groups is 4. The van der Waals surface area contributed by atoms with Crippen molar-refractivity contribution in [3.63, 3.8) is 0 Å². The Morgan fingerprint density at radius 1 is 1.31 bits per heavy atom. The van der Waals surface area contributed by atoms with Gasteiger partial charge in [-0.3, -0.25) is 9.55 Å². The zero-order chi connectivity index (χ0) is 23.2. The van der Waals surface area contributed by atoms with Crippen molar-refractivity contribution in [3.8, 4) is 0 Å². The van der Waals surface area contributed by atoms with Gasteiger partial charge in [0.15, 0.2) is 0 Å². The Morgan fingerprint density at radius 2 is 1.88 bits per heavy atom. The maximum absolute atomic E-state index is 11.4. The molecule has 15 nitrogen and oxygen atoms in total. The van der Waals surface area contributed by atoms with Crippen LogP contribution in [0.4, 0.5) is 0 Å². The van der Waals surface area contributed by atoms with Crippen LogP contribution in [0.3, 0.4) is 0 Å². The maximum atomic E-state index is 11.4. The van der Waals surface area contributed by atoms with Gasteiger partial charge < -0.3 is 49.7 Å². The van der Waals surface area contributed by atoms with E-state index >= 15 is 0 Å². The van der Waals surface area contributed by atoms with Gasteiger partial charge in [-0.05, 0) is 18.9 Å². The van der Waals surface area contributed by atoms with Gasteiger partial charge in [0.2, 0.25) is 6.29 Å². The summed E-state index contributed by atoms with van der Waals surface area (Å²) < 4.78 is 45.3. The van der Waals surface area contributed by atoms with Crippen LogP contribution in [-0.2, 0) is 33.6 Å². The summed E-state index contributed by atoms with van der Waals surface area (Å²) in [7, 11) is -5.34. The summed E-state index contributed by atoms with van der Waals surface area (Å²) in [6.45, 7) is -0.312. The number of carbonyl (C=O) groups excluding carboxylic acids is 2. The van der Waals surface area contributed by atoms with Gasteiger partial charge in [0, 0.05) is 0 Å². The van der Waals surface area contributed by atoms with E-state index in [1.54, 1.807) is 0 Å². The number of ether oxygens (including phenoxy) is 2. The summed E-state index contributed by atoms with van der Waals surface area (Å²) in [5, 5.41) is 61.0. The summed E-state index contributed by atoms with van der Waals surface area (Å²) in [5.74, 6) is -3.92. The molecule has 32 heavy (non-hydrogen) atoms. The summed E-state index contributed by atoms with van der Waals surface area (Å²) in [6.07, 6.45) is -12.2. The molecule has 7 atom stereocenters. The van der Waals surface area contributed by atoms with Crippen molar-refractivity contribution in [2.24, 2.45) is 4.99 Å². The number of aliphatic imine (C=N–C) groups is 1. The first-order valence-electron chi connectivity index (χ1n) is 8.03. The van der Waals surface area contributed by atoms with Crippen molar-refractivity contribution in [2.45, 2.75) is 49.8 Å². The Kier molecular flexibility index (Phi) is 15.9. The number of nitrogens with zero attached hydrogens (tertiary/aromatic N) is 1. The molecule has 1 aliphatic rings. The van der Waals surface area contributed by atoms with E-state index in [4.69, 9.17) is 19.1 Å². The largest absolute Gasteiger partial charge is 1.00 e. The topological polar surface area (TPSA) is 256 Å². The Bertz CT molecular complexity index is 786. The number of carboxylic acid groups (broad SMARTS) is 1. The molecule has 0 radical (unpaired) electrons. The molecule has 0 spiro atoms. The Hall–Kier alpha value is -0.180. The molecule has 0 saturated carbocycles. The minimum absolute atomic E-state index is 0. The van der Waals surface area contributed by atoms with E-state index in [2.05, 4.69) is 9.18 Å². The molecule has 0 fully saturated rings. The van der Waals surface area contributed by atoms with Crippen molar-refractivity contribution < 1.29 is 126 Å². The number of carbonyl (C=O) groups is 2. The van der Waals surface area contributed by atoms with E-state index < -0.39 is 77.5 Å². The van der Waals surface area contributed by atoms with Crippen LogP contribution in [0.2, 0.25) is 0 Å². The van der Waals surface area contributed by atoms with Gasteiger partial charge in [0.25, 0.3) is 0 Å². The summed E-state index contributed by atoms with van der Waals surface area (Å²) in [5.41, 5.74) is 0. The third-order valence-electron chi connectivity index (χ3n) is 3.62. The van der Waals surface area contributed by atoms with Crippen molar-refractivity contribution in [3.05, 3.63) is 11.8 Å². The quantitative estimate of drug-likeness (QED) is 0.0577. The molecule has 172 valence electrons. The monoisotopic (exact) mass is 503 g/mol. The molecule has 0 saturated heterocycles. The molecule has 0 aliphatic carbocycles. The zero-order valence-electron chi connectivity index (χ0n) is 17.2. The fourth-order valence-corrected chi connectivity index (χ4v) is 2.87. The summed E-state index contributed by atoms with van der Waals surface area (Å²) in [4.78, 5) is 25.7. The van der Waals surface area contributed by atoms with Gasteiger partial charge in [-0.1, -0.05) is 0 Å². The number of aliphatic carboxylic acids is 1. The number of rotatable bonds is 11. The Morgan fingerprint density at radius 3 is 2.28 bits per heavy atom. The number of hydrogen-bond acceptors (Lipinski definition) is 14. The number of carboxylic acids is 1. The van der Waals surface area contributed by atoms with E-state index in [-0.39, 0.29) is 65.4 Å². The second-order valence-corrected chi connectivity index (χ2v) is 6.95. The van der Waals surface area contributed by atoms with Gasteiger partial charge >= 0.3 is 69.5 Å². The molecule has 0 aromatic rings. The van der Waals surface area contributed by atoms with Crippen LogP contribution in [0.1, 0.15) is 6.92 Å². The molecule has 0 amide bonds. The van der Waals surface area contributed by atoms with Crippen molar-refractivity contribution in [2.75, 3.05) is 6.61 Å². The summed E-state index contributed by atoms with van der Waals surface area (Å²) in [6, 6.07) is -1.96. The predicted octanol–water partition coefficient (Wildman–Crippen LogP) is -12.0. The average Bonchev–Trinajstić information content (AvgIpc) is 2.63. The molecular weight excluding hydrogens is 484 g/mol. The van der Waals surface area contributed by atoms with Crippen LogP contribution in [0, 0.1) is 0 Å². The van der Waals surface area contributed by atoms with Crippen molar-refractivity contribution in [1.82, 2.24) is 0 Å². The van der Waals surface area contributed by atoms with E-state index in [0.29, 0.717) is 6.08 Å². The van der Waals surface area contributed by atoms with Crippen LogP contribution < -0.4 is 69.3 Å². The number of hydrogen-bond donors (Lipinski definition) is 5. The van der Waals surface area contributed by atoms with Gasteiger partial charge in [-0.15, -0.1) is 0 Å². The van der Waals surface area contributed by atoms with Gasteiger partial charge in [-0.25, -0.2) is 4.18 Å². The first-order valence-corrected chi connectivity index (χ1v) is 9.40. The van der Waals surface area contributed by atoms with E-state index in [1.807, 2.05) is 0 Å². The smallest absolute Gasteiger partial charge is 0.862 e. The van der Waals surface area contributed by atoms with Gasteiger partial charge in [0.1, 0.15) is 54.6 Å². The van der Waals surface area contributed by atoms with E-state index in [9.17, 15) is 43.5 Å². The molecule has 1 rings (SSSR count). The summed E-state index contributed by atoms with van der Waals surface area (Å²) >= 11 is 0. The van der Waals surface area contributed by atoms with Crippen LogP contribution in [0.5, 0.6) is 0 Å². The fourth-order valence-electron chi connectivity index (χ4n) is 2.35. The van der Waals surface area contributed by atoms with Crippen molar-refractivity contribution >= 4 is 28.6 Å². The predicted molar refractivity (Wildman–Crippen MR) is 87.3 cm³/mol. The van der Waals surface area contributed by atoms with Crippen LogP contribution in [0.15, 0.2) is 16.8 Å². The molecule has 5 N–H and O–H groups in total. The van der Waals surface area contributed by atoms with E-state index in [0.717, 1.165) is 6.92 Å². The minimum atomic E-state index is -5.34. The number of aliphatic hydroxyl groups excluding tert-OH is 4. The molecule has 0 bridgehead atoms. The Balaban J connectivity index is 0. The second kappa shape index (κ2) is 14.9. The third kappa shape index (κ3) is 10.4. The second-order valence-electron chi connectivity index (χ2n) is 5.90. The van der Waals surface area contributed by atoms with E-state index in [1.165, 1.54) is 0 Å². The van der Waals surface area contributed by atoms with Crippen LogP contribution >= 0.6 is 0 Å². The first-order chi connectivity index (χ1) is 13.8. The standard InChI is InChI=1S/C14H21NO14S.2Na/c1-5(18)15-6(3-16)11(12(8(20)4-17)29-30(24,25)26)28-14-10(21)7(19)2-9(27-14)13(22)23;;/h2-3,6-8,10-12,14,17,19-21H,4H2,1H3,(H,15,18)(H,22,23)(H,24,25,26);;/q;2*+1/p-2/t6-,7-,8+,10+,11+,12-,14-;;/m0../s1. The molecule has 0 aromatic heterocycles. The van der Waals surface area contributed by atoms with Gasteiger partial charge in [0.05, 0.1) is 6.61 Å². The molecule has 1 heterocycles. The third-order valence-corrected chi connectivity index (χ3v) is 4.08. The Labute approximate surface area is 226 Å². The fraction of sp³-hybridized carbons (Fsp3) is 0.643. The van der Waals surface area contributed by atoms with Crippen LogP contribution in [-0.4, -0.2) is 101 Å². The van der Waals surface area contributed by atoms with Gasteiger partial charge in [-0.2, -0.15) is 8.42 Å². The molecule has 0 aromatic carbocycles. The minimum Gasteiger partial charge on any atom is -0.862 e. The van der Waals surface area contributed by atoms with Crippen LogP contribution in [0.25, 0.3) is 0 Å². The maximum Gasteiger partial charge on any atom is 1.00 e.